The summed E-state index contributed by atoms with van der Waals surface area (Å²) in [6.07, 6.45) is 1.66. The summed E-state index contributed by atoms with van der Waals surface area (Å²) < 4.78 is 1.53. The number of thiophene rings is 1. The first-order valence-corrected chi connectivity index (χ1v) is 8.73. The molecule has 1 saturated heterocycles. The molecule has 124 valence electrons. The molecule has 0 saturated carbocycles. The van der Waals surface area contributed by atoms with Crippen LogP contribution in [0.4, 0.5) is 10.6 Å². The number of anilines is 1. The van der Waals surface area contributed by atoms with Gasteiger partial charge in [-0.1, -0.05) is 6.07 Å². The molecule has 0 aliphatic carbocycles. The Morgan fingerprint density at radius 1 is 1.42 bits per heavy atom. The number of amides is 3. The van der Waals surface area contributed by atoms with Gasteiger partial charge in [-0.25, -0.2) is 0 Å². The second-order valence-electron chi connectivity index (χ2n) is 5.13. The van der Waals surface area contributed by atoms with Gasteiger partial charge in [0, 0.05) is 18.0 Å². The van der Waals surface area contributed by atoms with Gasteiger partial charge in [0.25, 0.3) is 11.1 Å². The molecule has 7 nitrogen and oxygen atoms in total. The summed E-state index contributed by atoms with van der Waals surface area (Å²) in [7, 11) is 1.70. The van der Waals surface area contributed by atoms with E-state index in [0.29, 0.717) is 10.7 Å². The van der Waals surface area contributed by atoms with Gasteiger partial charge in [-0.05, 0) is 36.2 Å². The number of thioether (sulfide) groups is 1. The molecule has 3 rings (SSSR count). The van der Waals surface area contributed by atoms with Crippen molar-refractivity contribution >= 4 is 52.0 Å². The lowest BCUT2D eigenvalue weighted by molar-refractivity contribution is -0.127. The minimum atomic E-state index is -0.449. The van der Waals surface area contributed by atoms with Crippen LogP contribution < -0.4 is 5.32 Å². The van der Waals surface area contributed by atoms with Gasteiger partial charge < -0.3 is 5.32 Å². The molecule has 0 aromatic carbocycles. The van der Waals surface area contributed by atoms with E-state index in [0.717, 1.165) is 27.2 Å². The minimum Gasteiger partial charge on any atom is -0.309 e. The molecule has 3 amide bonds. The summed E-state index contributed by atoms with van der Waals surface area (Å²) in [5.41, 5.74) is 0.762. The molecule has 1 aliphatic rings. The molecule has 1 aliphatic heterocycles. The van der Waals surface area contributed by atoms with Gasteiger partial charge in [0.05, 0.1) is 10.6 Å². The topological polar surface area (TPSA) is 84.3 Å². The number of hydrogen-bond acceptors (Lipinski definition) is 6. The van der Waals surface area contributed by atoms with Gasteiger partial charge in [-0.2, -0.15) is 5.10 Å². The van der Waals surface area contributed by atoms with Gasteiger partial charge in [0.15, 0.2) is 0 Å². The predicted octanol–water partition coefficient (Wildman–Crippen LogP) is 2.47. The average molecular weight is 362 g/mol. The Morgan fingerprint density at radius 3 is 2.83 bits per heavy atom. The van der Waals surface area contributed by atoms with Crippen LogP contribution in [-0.2, 0) is 16.6 Å². The smallest absolute Gasteiger partial charge is 0.294 e. The quantitative estimate of drug-likeness (QED) is 0.845. The van der Waals surface area contributed by atoms with E-state index >= 15 is 0 Å². The Kier molecular flexibility index (Phi) is 4.54. The van der Waals surface area contributed by atoms with E-state index in [2.05, 4.69) is 10.4 Å². The molecule has 9 heteroatoms. The Bertz CT molecular complexity index is 839. The van der Waals surface area contributed by atoms with Crippen LogP contribution in [0.15, 0.2) is 28.5 Å². The Labute approximate surface area is 146 Å². The highest BCUT2D eigenvalue weighted by atomic mass is 32.2. The Morgan fingerprint density at radius 2 is 2.21 bits per heavy atom. The van der Waals surface area contributed by atoms with E-state index in [4.69, 9.17) is 0 Å². The fourth-order valence-corrected chi connectivity index (χ4v) is 3.75. The number of nitrogens with zero attached hydrogens (tertiary/aromatic N) is 3. The molecular weight excluding hydrogens is 348 g/mol. The maximum Gasteiger partial charge on any atom is 0.294 e. The fourth-order valence-electron chi connectivity index (χ4n) is 2.19. The van der Waals surface area contributed by atoms with Crippen LogP contribution in [-0.4, -0.2) is 38.3 Å². The van der Waals surface area contributed by atoms with E-state index in [1.165, 1.54) is 16.0 Å². The number of hydrogen-bond donors (Lipinski definition) is 1. The first kappa shape index (κ1) is 16.5. The van der Waals surface area contributed by atoms with Crippen LogP contribution in [0.3, 0.4) is 0 Å². The monoisotopic (exact) mass is 362 g/mol. The van der Waals surface area contributed by atoms with Gasteiger partial charge in [-0.3, -0.25) is 24.0 Å². The van der Waals surface area contributed by atoms with Crippen LogP contribution in [0.1, 0.15) is 10.6 Å². The highest BCUT2D eigenvalue weighted by molar-refractivity contribution is 8.18. The molecule has 1 N–H and O–H groups in total. The number of aromatic nitrogens is 2. The fraction of sp³-hybridized carbons (Fsp3) is 0.200. The zero-order valence-corrected chi connectivity index (χ0v) is 14.6. The molecule has 0 spiro atoms. The van der Waals surface area contributed by atoms with E-state index in [1.807, 2.05) is 24.4 Å². The van der Waals surface area contributed by atoms with Crippen molar-refractivity contribution in [3.63, 3.8) is 0 Å². The van der Waals surface area contributed by atoms with E-state index in [-0.39, 0.29) is 6.54 Å². The number of nitrogens with one attached hydrogen (secondary N) is 1. The van der Waals surface area contributed by atoms with Crippen LogP contribution >= 0.6 is 23.1 Å². The zero-order chi connectivity index (χ0) is 17.3. The molecule has 0 unspecified atom stereocenters. The van der Waals surface area contributed by atoms with Crippen molar-refractivity contribution in [1.82, 2.24) is 14.7 Å². The van der Waals surface area contributed by atoms with Crippen molar-refractivity contribution in [2.45, 2.75) is 6.92 Å². The van der Waals surface area contributed by atoms with Crippen LogP contribution in [0, 0.1) is 6.92 Å². The normalized spacial score (nSPS) is 16.2. The number of carbonyl (C=O) groups is 3. The number of imide groups is 1. The Hall–Kier alpha value is -2.39. The lowest BCUT2D eigenvalue weighted by Crippen LogP contribution is -2.36. The lowest BCUT2D eigenvalue weighted by atomic mass is 10.3. The third-order valence-electron chi connectivity index (χ3n) is 3.26. The SMILES string of the molecule is Cc1cc(NC(=O)CN2C(=O)S/C(=C\c3cccs3)C2=O)n(C)n1. The number of aryl methyl sites for hydroxylation is 2. The van der Waals surface area contributed by atoms with Crippen molar-refractivity contribution in [3.05, 3.63) is 39.1 Å². The summed E-state index contributed by atoms with van der Waals surface area (Å²) >= 11 is 2.32. The lowest BCUT2D eigenvalue weighted by Gasteiger charge is -2.12. The maximum absolute atomic E-state index is 12.3. The number of rotatable bonds is 4. The molecule has 0 radical (unpaired) electrons. The highest BCUT2D eigenvalue weighted by Crippen LogP contribution is 2.32. The minimum absolute atomic E-state index is 0.323. The first-order chi connectivity index (χ1) is 11.4. The Balaban J connectivity index is 1.68. The standard InChI is InChI=1S/C15H14N4O3S2/c1-9-6-12(18(2)17-9)16-13(20)8-19-14(21)11(24-15(19)22)7-10-4-3-5-23-10/h3-7H,8H2,1-2H3,(H,16,20)/b11-7-. The third kappa shape index (κ3) is 3.41. The van der Waals surface area contributed by atoms with Gasteiger partial charge in [0.1, 0.15) is 12.4 Å². The molecule has 3 heterocycles. The van der Waals surface area contributed by atoms with Crippen LogP contribution in [0.25, 0.3) is 6.08 Å². The second-order valence-corrected chi connectivity index (χ2v) is 7.10. The van der Waals surface area contributed by atoms with Gasteiger partial charge in [-0.15, -0.1) is 11.3 Å². The highest BCUT2D eigenvalue weighted by Gasteiger charge is 2.36. The third-order valence-corrected chi connectivity index (χ3v) is 4.99. The molecular formula is C15H14N4O3S2. The second kappa shape index (κ2) is 6.62. The molecule has 0 bridgehead atoms. The first-order valence-electron chi connectivity index (χ1n) is 7.03. The van der Waals surface area contributed by atoms with E-state index < -0.39 is 17.1 Å². The van der Waals surface area contributed by atoms with Crippen molar-refractivity contribution in [2.24, 2.45) is 7.05 Å². The number of carbonyl (C=O) groups excluding carboxylic acids is 3. The van der Waals surface area contributed by atoms with E-state index in [1.54, 1.807) is 19.2 Å². The summed E-state index contributed by atoms with van der Waals surface area (Å²) in [5, 5.41) is 8.21. The van der Waals surface area contributed by atoms with Crippen molar-refractivity contribution in [2.75, 3.05) is 11.9 Å². The summed E-state index contributed by atoms with van der Waals surface area (Å²) in [4.78, 5) is 38.6. The van der Waals surface area contributed by atoms with Crippen molar-refractivity contribution in [1.29, 1.82) is 0 Å². The van der Waals surface area contributed by atoms with Gasteiger partial charge >= 0.3 is 0 Å². The molecule has 2 aromatic rings. The van der Waals surface area contributed by atoms with E-state index in [9.17, 15) is 14.4 Å². The summed E-state index contributed by atoms with van der Waals surface area (Å²) in [6.45, 7) is 1.48. The maximum atomic E-state index is 12.3. The van der Waals surface area contributed by atoms with Crippen molar-refractivity contribution in [3.8, 4) is 0 Å². The molecule has 0 atom stereocenters. The van der Waals surface area contributed by atoms with Gasteiger partial charge in [0.2, 0.25) is 5.91 Å². The largest absolute Gasteiger partial charge is 0.309 e. The van der Waals surface area contributed by atoms with Crippen LogP contribution in [0.5, 0.6) is 0 Å². The molecule has 24 heavy (non-hydrogen) atoms. The zero-order valence-electron chi connectivity index (χ0n) is 13.0. The average Bonchev–Trinajstić information content (AvgIpc) is 3.18. The summed E-state index contributed by atoms with van der Waals surface area (Å²) in [6, 6.07) is 5.43. The molecule has 2 aromatic heterocycles. The molecule has 1 fully saturated rings. The van der Waals surface area contributed by atoms with Crippen LogP contribution in [0.2, 0.25) is 0 Å². The van der Waals surface area contributed by atoms with Crippen molar-refractivity contribution < 1.29 is 14.4 Å². The summed E-state index contributed by atoms with van der Waals surface area (Å²) in [5.74, 6) is -0.383. The predicted molar refractivity (Wildman–Crippen MR) is 93.6 cm³/mol.